The molecule has 0 spiro atoms. The Morgan fingerprint density at radius 2 is 2.13 bits per heavy atom. The van der Waals surface area contributed by atoms with Crippen molar-refractivity contribution in [3.8, 4) is 0 Å². The number of benzene rings is 1. The van der Waals surface area contributed by atoms with E-state index in [1.165, 1.54) is 30.0 Å². The molecule has 3 rings (SSSR count). The minimum Gasteiger partial charge on any atom is -0.390 e. The lowest BCUT2D eigenvalue weighted by Gasteiger charge is -2.15. The van der Waals surface area contributed by atoms with Gasteiger partial charge >= 0.3 is 0 Å². The lowest BCUT2D eigenvalue weighted by molar-refractivity contribution is 0.0930. The van der Waals surface area contributed by atoms with E-state index < -0.39 is 11.6 Å². The molecule has 7 heteroatoms. The maximum atomic E-state index is 13.7. The van der Waals surface area contributed by atoms with Crippen molar-refractivity contribution in [2.24, 2.45) is 0 Å². The van der Waals surface area contributed by atoms with Crippen LogP contribution in [-0.2, 0) is 23.6 Å². The number of thioether (sulfide) groups is 1. The molecule has 2 aromatic rings. The average molecular weight is 340 g/mol. The van der Waals surface area contributed by atoms with Crippen LogP contribution in [0, 0.1) is 11.6 Å². The van der Waals surface area contributed by atoms with Crippen molar-refractivity contribution < 1.29 is 18.6 Å². The van der Waals surface area contributed by atoms with Crippen LogP contribution in [0.3, 0.4) is 0 Å². The van der Waals surface area contributed by atoms with E-state index in [0.29, 0.717) is 17.4 Å². The maximum absolute atomic E-state index is 13.7. The van der Waals surface area contributed by atoms with Crippen molar-refractivity contribution in [1.29, 1.82) is 0 Å². The van der Waals surface area contributed by atoms with Gasteiger partial charge in [-0.05, 0) is 25.0 Å². The quantitative estimate of drug-likeness (QED) is 0.821. The number of aliphatic hydroxyl groups excluding tert-OH is 1. The summed E-state index contributed by atoms with van der Waals surface area (Å²) in [5, 5.41) is 10.1. The molecule has 1 saturated heterocycles. The van der Waals surface area contributed by atoms with Crippen molar-refractivity contribution in [1.82, 2.24) is 9.55 Å². The summed E-state index contributed by atoms with van der Waals surface area (Å²) in [6.45, 7) is 1.21. The summed E-state index contributed by atoms with van der Waals surface area (Å²) in [5.41, 5.74) is 0.715. The first kappa shape index (κ1) is 16.4. The molecule has 0 radical (unpaired) electrons. The number of rotatable bonds is 6. The molecular weight excluding hydrogens is 322 g/mol. The highest BCUT2D eigenvalue weighted by atomic mass is 32.2. The average Bonchev–Trinajstić information content (AvgIpc) is 3.17. The fraction of sp³-hybridized carbons (Fsp3) is 0.438. The standard InChI is InChI=1S/C16H18F2N2O2S/c17-14-4-1-5-15(18)13(14)10-23-16-19-7-11(9-21)20(16)8-12-3-2-6-22-12/h1,4-5,7,12,21H,2-3,6,8-10H2. The largest absolute Gasteiger partial charge is 0.390 e. The normalized spacial score (nSPS) is 17.8. The van der Waals surface area contributed by atoms with Gasteiger partial charge in [0.1, 0.15) is 11.6 Å². The highest BCUT2D eigenvalue weighted by Crippen LogP contribution is 2.27. The Morgan fingerprint density at radius 1 is 1.35 bits per heavy atom. The highest BCUT2D eigenvalue weighted by Gasteiger charge is 2.20. The van der Waals surface area contributed by atoms with Gasteiger partial charge in [-0.2, -0.15) is 0 Å². The third kappa shape index (κ3) is 3.73. The van der Waals surface area contributed by atoms with Crippen LogP contribution in [-0.4, -0.2) is 27.4 Å². The van der Waals surface area contributed by atoms with E-state index in [2.05, 4.69) is 4.98 Å². The molecule has 1 aromatic heterocycles. The minimum absolute atomic E-state index is 0.0368. The molecule has 1 N–H and O–H groups in total. The Bertz CT molecular complexity index is 652. The molecule has 23 heavy (non-hydrogen) atoms. The zero-order valence-corrected chi connectivity index (χ0v) is 13.4. The molecule has 124 valence electrons. The molecule has 1 unspecified atom stereocenters. The Hall–Kier alpha value is -1.44. The number of aliphatic hydroxyl groups is 1. The summed E-state index contributed by atoms with van der Waals surface area (Å²) in [7, 11) is 0. The molecule has 0 saturated carbocycles. The van der Waals surface area contributed by atoms with E-state index in [4.69, 9.17) is 4.74 Å². The summed E-state index contributed by atoms with van der Waals surface area (Å²) >= 11 is 1.25. The summed E-state index contributed by atoms with van der Waals surface area (Å²) in [6.07, 6.45) is 3.68. The topological polar surface area (TPSA) is 47.3 Å². The van der Waals surface area contributed by atoms with Gasteiger partial charge in [-0.3, -0.25) is 0 Å². The van der Waals surface area contributed by atoms with Crippen molar-refractivity contribution in [3.63, 3.8) is 0 Å². The summed E-state index contributed by atoms with van der Waals surface area (Å²) in [6, 6.07) is 3.84. The second-order valence-electron chi connectivity index (χ2n) is 5.42. The van der Waals surface area contributed by atoms with Gasteiger partial charge < -0.3 is 14.4 Å². The van der Waals surface area contributed by atoms with Gasteiger partial charge in [-0.25, -0.2) is 13.8 Å². The molecule has 1 aliphatic rings. The Balaban J connectivity index is 1.75. The van der Waals surface area contributed by atoms with Crippen LogP contribution >= 0.6 is 11.8 Å². The van der Waals surface area contributed by atoms with Crippen molar-refractivity contribution >= 4 is 11.8 Å². The molecule has 1 fully saturated rings. The van der Waals surface area contributed by atoms with Crippen molar-refractivity contribution in [2.75, 3.05) is 6.61 Å². The molecule has 1 aliphatic heterocycles. The van der Waals surface area contributed by atoms with Crippen LogP contribution in [0.25, 0.3) is 0 Å². The van der Waals surface area contributed by atoms with Crippen LogP contribution in [0.4, 0.5) is 8.78 Å². The lowest BCUT2D eigenvalue weighted by Crippen LogP contribution is -2.17. The SMILES string of the molecule is OCc1cnc(SCc2c(F)cccc2F)n1CC1CCCO1. The van der Waals surface area contributed by atoms with Crippen LogP contribution in [0.2, 0.25) is 0 Å². The van der Waals surface area contributed by atoms with Gasteiger partial charge in [0.15, 0.2) is 5.16 Å². The molecule has 0 aliphatic carbocycles. The van der Waals surface area contributed by atoms with Gasteiger partial charge in [-0.15, -0.1) is 0 Å². The Morgan fingerprint density at radius 3 is 2.78 bits per heavy atom. The molecule has 2 heterocycles. The summed E-state index contributed by atoms with van der Waals surface area (Å²) in [5.74, 6) is -0.972. The van der Waals surface area contributed by atoms with Crippen LogP contribution < -0.4 is 0 Å². The van der Waals surface area contributed by atoms with E-state index in [-0.39, 0.29) is 24.0 Å². The van der Waals surface area contributed by atoms with E-state index in [0.717, 1.165) is 19.4 Å². The first-order valence-corrected chi connectivity index (χ1v) is 8.50. The number of halogens is 2. The van der Waals surface area contributed by atoms with E-state index >= 15 is 0 Å². The van der Waals surface area contributed by atoms with Gasteiger partial charge in [0.25, 0.3) is 0 Å². The van der Waals surface area contributed by atoms with Gasteiger partial charge in [-0.1, -0.05) is 17.8 Å². The smallest absolute Gasteiger partial charge is 0.168 e. The molecule has 1 atom stereocenters. The maximum Gasteiger partial charge on any atom is 0.168 e. The fourth-order valence-corrected chi connectivity index (χ4v) is 3.65. The minimum atomic E-state index is -0.558. The van der Waals surface area contributed by atoms with E-state index in [1.807, 2.05) is 4.57 Å². The number of hydrogen-bond acceptors (Lipinski definition) is 4. The Labute approximate surface area is 137 Å². The lowest BCUT2D eigenvalue weighted by atomic mass is 10.2. The number of hydrogen-bond donors (Lipinski definition) is 1. The van der Waals surface area contributed by atoms with Gasteiger partial charge in [0.05, 0.1) is 31.1 Å². The molecule has 1 aromatic carbocycles. The van der Waals surface area contributed by atoms with Crippen LogP contribution in [0.1, 0.15) is 24.1 Å². The predicted octanol–water partition coefficient (Wildman–Crippen LogP) is 3.12. The monoisotopic (exact) mass is 340 g/mol. The van der Waals surface area contributed by atoms with Crippen molar-refractivity contribution in [2.45, 2.75) is 43.0 Å². The zero-order chi connectivity index (χ0) is 16.2. The zero-order valence-electron chi connectivity index (χ0n) is 12.5. The van der Waals surface area contributed by atoms with E-state index in [9.17, 15) is 13.9 Å². The Kier molecular flexibility index (Phi) is 5.30. The highest BCUT2D eigenvalue weighted by molar-refractivity contribution is 7.98. The first-order chi connectivity index (χ1) is 11.2. The van der Waals surface area contributed by atoms with Gasteiger partial charge in [0.2, 0.25) is 0 Å². The number of nitrogens with zero attached hydrogens (tertiary/aromatic N) is 2. The molecule has 0 bridgehead atoms. The number of aromatic nitrogens is 2. The number of imidazole rings is 1. The molecule has 4 nitrogen and oxygen atoms in total. The van der Waals surface area contributed by atoms with Crippen LogP contribution in [0.15, 0.2) is 29.6 Å². The van der Waals surface area contributed by atoms with E-state index in [1.54, 1.807) is 6.20 Å². The molecular formula is C16H18F2N2O2S. The first-order valence-electron chi connectivity index (χ1n) is 7.51. The summed E-state index contributed by atoms with van der Waals surface area (Å²) < 4.78 is 34.9. The second kappa shape index (κ2) is 7.42. The van der Waals surface area contributed by atoms with Crippen LogP contribution in [0.5, 0.6) is 0 Å². The predicted molar refractivity (Wildman–Crippen MR) is 83.0 cm³/mol. The third-order valence-electron chi connectivity index (χ3n) is 3.88. The fourth-order valence-electron chi connectivity index (χ4n) is 2.63. The molecule has 0 amide bonds. The third-order valence-corrected chi connectivity index (χ3v) is 4.90. The number of ether oxygens (including phenoxy) is 1. The van der Waals surface area contributed by atoms with Gasteiger partial charge in [0, 0.05) is 17.9 Å². The summed E-state index contributed by atoms with van der Waals surface area (Å²) in [4.78, 5) is 4.27. The van der Waals surface area contributed by atoms with Crippen molar-refractivity contribution in [3.05, 3.63) is 47.3 Å². The second-order valence-corrected chi connectivity index (χ2v) is 6.37.